The zero-order valence-corrected chi connectivity index (χ0v) is 9.73. The third kappa shape index (κ3) is 2.36. The summed E-state index contributed by atoms with van der Waals surface area (Å²) in [6, 6.07) is 7.51. The van der Waals surface area contributed by atoms with Crippen molar-refractivity contribution in [2.45, 2.75) is 13.8 Å². The number of ether oxygens (including phenoxy) is 1. The summed E-state index contributed by atoms with van der Waals surface area (Å²) in [4.78, 5) is 14.9. The summed E-state index contributed by atoms with van der Waals surface area (Å²) in [6.07, 6.45) is 0. The van der Waals surface area contributed by atoms with Crippen LogP contribution in [0.3, 0.4) is 0 Å². The van der Waals surface area contributed by atoms with Crippen LogP contribution in [0.2, 0.25) is 0 Å². The van der Waals surface area contributed by atoms with Crippen LogP contribution < -0.4 is 4.74 Å². The van der Waals surface area contributed by atoms with Crippen molar-refractivity contribution in [3.05, 3.63) is 35.5 Å². The fraction of sp³-hybridized carbons (Fsp3) is 0.231. The Morgan fingerprint density at radius 1 is 1.41 bits per heavy atom. The van der Waals surface area contributed by atoms with Gasteiger partial charge in [-0.1, -0.05) is 12.1 Å². The minimum atomic E-state index is -0.994. The molecule has 0 saturated carbocycles. The van der Waals surface area contributed by atoms with E-state index in [-0.39, 0.29) is 6.61 Å². The number of hydrogen-bond donors (Lipinski definition) is 1. The van der Waals surface area contributed by atoms with Crippen molar-refractivity contribution in [3.8, 4) is 5.75 Å². The van der Waals surface area contributed by atoms with Crippen LogP contribution in [0.4, 0.5) is 0 Å². The number of nitrogens with zero attached hydrogens (tertiary/aromatic N) is 1. The molecule has 88 valence electrons. The molecule has 2 aromatic rings. The largest absolute Gasteiger partial charge is 0.480 e. The third-order valence-electron chi connectivity index (χ3n) is 2.49. The van der Waals surface area contributed by atoms with E-state index in [0.29, 0.717) is 11.3 Å². The van der Waals surface area contributed by atoms with Gasteiger partial charge in [0.15, 0.2) is 6.61 Å². The summed E-state index contributed by atoms with van der Waals surface area (Å²) in [7, 11) is 0. The van der Waals surface area contributed by atoms with Crippen LogP contribution in [-0.2, 0) is 4.79 Å². The van der Waals surface area contributed by atoms with E-state index in [1.165, 1.54) is 0 Å². The molecule has 1 aromatic heterocycles. The number of carboxylic acids is 1. The van der Waals surface area contributed by atoms with Gasteiger partial charge in [-0.3, -0.25) is 0 Å². The van der Waals surface area contributed by atoms with E-state index in [1.807, 2.05) is 32.0 Å². The number of pyridine rings is 1. The average Bonchev–Trinajstić information content (AvgIpc) is 2.26. The summed E-state index contributed by atoms with van der Waals surface area (Å²) >= 11 is 0. The molecule has 4 nitrogen and oxygen atoms in total. The van der Waals surface area contributed by atoms with E-state index >= 15 is 0 Å². The van der Waals surface area contributed by atoms with Crippen molar-refractivity contribution >= 4 is 16.9 Å². The average molecular weight is 231 g/mol. The maximum Gasteiger partial charge on any atom is 0.341 e. The van der Waals surface area contributed by atoms with E-state index in [4.69, 9.17) is 9.84 Å². The number of carbonyl (C=O) groups is 1. The number of para-hydroxylation sites is 1. The van der Waals surface area contributed by atoms with E-state index in [9.17, 15) is 4.79 Å². The molecule has 17 heavy (non-hydrogen) atoms. The van der Waals surface area contributed by atoms with Crippen LogP contribution in [0.1, 0.15) is 11.3 Å². The van der Waals surface area contributed by atoms with E-state index < -0.39 is 5.97 Å². The number of carboxylic acid groups (broad SMARTS) is 1. The zero-order chi connectivity index (χ0) is 12.4. The van der Waals surface area contributed by atoms with Crippen molar-refractivity contribution in [1.82, 2.24) is 4.98 Å². The van der Waals surface area contributed by atoms with Gasteiger partial charge in [-0.05, 0) is 31.5 Å². The summed E-state index contributed by atoms with van der Waals surface area (Å²) < 4.78 is 5.23. The predicted octanol–water partition coefficient (Wildman–Crippen LogP) is 2.32. The Balaban J connectivity index is 2.52. The quantitative estimate of drug-likeness (QED) is 0.880. The highest BCUT2D eigenvalue weighted by Gasteiger charge is 2.07. The Morgan fingerprint density at radius 3 is 2.88 bits per heavy atom. The number of aromatic nitrogens is 1. The minimum Gasteiger partial charge on any atom is -0.480 e. The molecule has 0 saturated heterocycles. The third-order valence-corrected chi connectivity index (χ3v) is 2.49. The molecule has 2 rings (SSSR count). The summed E-state index contributed by atoms with van der Waals surface area (Å²) in [5.41, 5.74) is 2.71. The van der Waals surface area contributed by atoms with Crippen molar-refractivity contribution in [2.24, 2.45) is 0 Å². The van der Waals surface area contributed by atoms with Crippen LogP contribution in [0, 0.1) is 13.8 Å². The summed E-state index contributed by atoms with van der Waals surface area (Å²) in [5.74, 6) is -0.483. The second-order valence-electron chi connectivity index (χ2n) is 3.92. The van der Waals surface area contributed by atoms with Crippen LogP contribution in [0.25, 0.3) is 10.9 Å². The lowest BCUT2D eigenvalue weighted by molar-refractivity contribution is -0.139. The topological polar surface area (TPSA) is 59.4 Å². The van der Waals surface area contributed by atoms with Gasteiger partial charge in [0.05, 0.1) is 0 Å². The molecule has 0 atom stereocenters. The lowest BCUT2D eigenvalue weighted by Gasteiger charge is -2.09. The van der Waals surface area contributed by atoms with Crippen molar-refractivity contribution in [2.75, 3.05) is 6.61 Å². The van der Waals surface area contributed by atoms with E-state index in [0.717, 1.165) is 16.6 Å². The highest BCUT2D eigenvalue weighted by atomic mass is 16.5. The molecular weight excluding hydrogens is 218 g/mol. The number of rotatable bonds is 3. The molecule has 0 bridgehead atoms. The maximum absolute atomic E-state index is 10.5. The lowest BCUT2D eigenvalue weighted by atomic mass is 10.1. The normalized spacial score (nSPS) is 10.5. The van der Waals surface area contributed by atoms with Gasteiger partial charge >= 0.3 is 5.97 Å². The van der Waals surface area contributed by atoms with Gasteiger partial charge in [0.2, 0.25) is 0 Å². The second kappa shape index (κ2) is 4.41. The monoisotopic (exact) mass is 231 g/mol. The van der Waals surface area contributed by atoms with Gasteiger partial charge in [0, 0.05) is 11.1 Å². The molecule has 0 unspecified atom stereocenters. The molecule has 0 aliphatic heterocycles. The Bertz CT molecular complexity index is 578. The second-order valence-corrected chi connectivity index (χ2v) is 3.92. The van der Waals surface area contributed by atoms with Gasteiger partial charge in [0.1, 0.15) is 11.3 Å². The van der Waals surface area contributed by atoms with E-state index in [2.05, 4.69) is 4.98 Å². The number of hydrogen-bond acceptors (Lipinski definition) is 3. The smallest absolute Gasteiger partial charge is 0.341 e. The SMILES string of the molecule is Cc1cc(C)c2cccc(OCC(=O)O)c2n1. The first-order chi connectivity index (χ1) is 8.08. The van der Waals surface area contributed by atoms with Gasteiger partial charge < -0.3 is 9.84 Å². The first kappa shape index (κ1) is 11.4. The van der Waals surface area contributed by atoms with Crippen LogP contribution in [0.5, 0.6) is 5.75 Å². The fourth-order valence-electron chi connectivity index (χ4n) is 1.81. The van der Waals surface area contributed by atoms with Gasteiger partial charge in [0.25, 0.3) is 0 Å². The molecule has 1 heterocycles. The first-order valence-electron chi connectivity index (χ1n) is 5.29. The van der Waals surface area contributed by atoms with Gasteiger partial charge in [-0.25, -0.2) is 9.78 Å². The van der Waals surface area contributed by atoms with Gasteiger partial charge in [-0.15, -0.1) is 0 Å². The van der Waals surface area contributed by atoms with Crippen molar-refractivity contribution in [1.29, 1.82) is 0 Å². The maximum atomic E-state index is 10.5. The van der Waals surface area contributed by atoms with Crippen molar-refractivity contribution < 1.29 is 14.6 Å². The van der Waals surface area contributed by atoms with Gasteiger partial charge in [-0.2, -0.15) is 0 Å². The predicted molar refractivity (Wildman–Crippen MR) is 64.3 cm³/mol. The minimum absolute atomic E-state index is 0.353. The zero-order valence-electron chi connectivity index (χ0n) is 9.73. The van der Waals surface area contributed by atoms with E-state index in [1.54, 1.807) is 6.07 Å². The Hall–Kier alpha value is -2.10. The standard InChI is InChI=1S/C13H13NO3/c1-8-6-9(2)14-13-10(8)4-3-5-11(13)17-7-12(15)16/h3-6H,7H2,1-2H3,(H,15,16). The van der Waals surface area contributed by atoms with Crippen LogP contribution in [-0.4, -0.2) is 22.7 Å². The molecule has 0 aliphatic rings. The Kier molecular flexibility index (Phi) is 2.95. The summed E-state index contributed by atoms with van der Waals surface area (Å²) in [5, 5.41) is 9.60. The molecule has 4 heteroatoms. The number of fused-ring (bicyclic) bond motifs is 1. The summed E-state index contributed by atoms with van der Waals surface area (Å²) in [6.45, 7) is 3.55. The molecule has 0 spiro atoms. The fourth-order valence-corrected chi connectivity index (χ4v) is 1.81. The molecule has 0 fully saturated rings. The Labute approximate surface area is 98.9 Å². The molecule has 0 aliphatic carbocycles. The number of benzene rings is 1. The van der Waals surface area contributed by atoms with Crippen molar-refractivity contribution in [3.63, 3.8) is 0 Å². The number of aliphatic carboxylic acids is 1. The van der Waals surface area contributed by atoms with Crippen LogP contribution >= 0.6 is 0 Å². The molecule has 1 N–H and O–H groups in total. The number of aryl methyl sites for hydroxylation is 2. The lowest BCUT2D eigenvalue weighted by Crippen LogP contribution is -2.09. The highest BCUT2D eigenvalue weighted by Crippen LogP contribution is 2.26. The van der Waals surface area contributed by atoms with Crippen LogP contribution in [0.15, 0.2) is 24.3 Å². The highest BCUT2D eigenvalue weighted by molar-refractivity contribution is 5.87. The molecular formula is C13H13NO3. The molecule has 1 aromatic carbocycles. The Morgan fingerprint density at radius 2 is 2.18 bits per heavy atom. The molecule has 0 amide bonds. The molecule has 0 radical (unpaired) electrons. The first-order valence-corrected chi connectivity index (χ1v) is 5.29.